The predicted octanol–water partition coefficient (Wildman–Crippen LogP) is 4.82. The summed E-state index contributed by atoms with van der Waals surface area (Å²) in [7, 11) is 0. The summed E-state index contributed by atoms with van der Waals surface area (Å²) in [5.74, 6) is 0.388. The summed E-state index contributed by atoms with van der Waals surface area (Å²) in [6.45, 7) is 1.88. The van der Waals surface area contributed by atoms with Crippen LogP contribution in [0.2, 0.25) is 10.0 Å². The van der Waals surface area contributed by atoms with E-state index in [0.29, 0.717) is 27.4 Å². The van der Waals surface area contributed by atoms with Crippen LogP contribution in [0.25, 0.3) is 0 Å². The summed E-state index contributed by atoms with van der Waals surface area (Å²) < 4.78 is 2.76. The van der Waals surface area contributed by atoms with Gasteiger partial charge < -0.3 is 5.73 Å². The zero-order valence-corrected chi connectivity index (χ0v) is 17.2. The van der Waals surface area contributed by atoms with Gasteiger partial charge in [-0.3, -0.25) is 9.36 Å². The van der Waals surface area contributed by atoms with Crippen molar-refractivity contribution < 1.29 is 4.79 Å². The number of nitrogen functional groups attached to an aromatic ring is 1. The number of halogens is 3. The summed E-state index contributed by atoms with van der Waals surface area (Å²) in [6.07, 6.45) is 1.73. The molecule has 2 N–H and O–H groups in total. The third kappa shape index (κ3) is 2.51. The molecule has 3 aromatic rings. The first-order valence-corrected chi connectivity index (χ1v) is 9.56. The number of nitrogens with two attached hydrogens (primary N) is 1. The van der Waals surface area contributed by atoms with Gasteiger partial charge in [-0.05, 0) is 65.4 Å². The Morgan fingerprint density at radius 3 is 2.35 bits per heavy atom. The smallest absolute Gasteiger partial charge is 0.264 e. The van der Waals surface area contributed by atoms with E-state index in [1.54, 1.807) is 41.4 Å². The highest BCUT2D eigenvalue weighted by Gasteiger charge is 2.51. The summed E-state index contributed by atoms with van der Waals surface area (Å²) in [5.41, 5.74) is 6.90. The number of hydrogen-bond donors (Lipinski definition) is 1. The maximum Gasteiger partial charge on any atom is 0.264 e. The molecule has 4 rings (SSSR count). The maximum absolute atomic E-state index is 13.6. The van der Waals surface area contributed by atoms with E-state index in [0.717, 1.165) is 9.26 Å². The van der Waals surface area contributed by atoms with Crippen molar-refractivity contribution in [2.24, 2.45) is 0 Å². The second kappa shape index (κ2) is 6.14. The van der Waals surface area contributed by atoms with Crippen LogP contribution in [0.5, 0.6) is 0 Å². The highest BCUT2D eigenvalue weighted by Crippen LogP contribution is 2.45. The molecular weight excluding hydrogens is 486 g/mol. The van der Waals surface area contributed by atoms with Gasteiger partial charge in [-0.25, -0.2) is 9.88 Å². The van der Waals surface area contributed by atoms with Crippen molar-refractivity contribution in [2.75, 3.05) is 10.6 Å². The number of fused-ring (bicyclic) bond motifs is 1. The number of anilines is 3. The number of hydrogen-bond acceptors (Lipinski definition) is 3. The first-order valence-electron chi connectivity index (χ1n) is 7.73. The van der Waals surface area contributed by atoms with Crippen molar-refractivity contribution in [1.82, 2.24) is 9.55 Å². The van der Waals surface area contributed by atoms with Gasteiger partial charge in [0.05, 0.1) is 11.9 Å². The van der Waals surface area contributed by atoms with E-state index in [2.05, 4.69) is 27.6 Å². The van der Waals surface area contributed by atoms with Gasteiger partial charge >= 0.3 is 0 Å². The number of nitrogens with zero attached hydrogens (tertiary/aromatic N) is 3. The van der Waals surface area contributed by atoms with Crippen molar-refractivity contribution in [3.63, 3.8) is 0 Å². The monoisotopic (exact) mass is 498 g/mol. The first-order chi connectivity index (χ1) is 12.3. The first kappa shape index (κ1) is 17.6. The second-order valence-corrected chi connectivity index (χ2v) is 8.16. The number of carbonyl (C=O) groups excluding carboxylic acids is 1. The van der Waals surface area contributed by atoms with Crippen molar-refractivity contribution in [3.05, 3.63) is 68.0 Å². The van der Waals surface area contributed by atoms with E-state index in [9.17, 15) is 4.79 Å². The zero-order chi connectivity index (χ0) is 18.6. The Labute approximate surface area is 173 Å². The minimum Gasteiger partial charge on any atom is -0.399 e. The van der Waals surface area contributed by atoms with Gasteiger partial charge in [0.2, 0.25) is 5.95 Å². The number of rotatable bonds is 2. The molecule has 0 saturated heterocycles. The molecule has 1 amide bonds. The minimum atomic E-state index is -0.954. The summed E-state index contributed by atoms with van der Waals surface area (Å²) >= 11 is 14.5. The van der Waals surface area contributed by atoms with Crippen LogP contribution in [-0.4, -0.2) is 15.5 Å². The minimum absolute atomic E-state index is 0.137. The van der Waals surface area contributed by atoms with Crippen LogP contribution in [0.1, 0.15) is 12.5 Å². The van der Waals surface area contributed by atoms with Crippen LogP contribution in [-0.2, 0) is 10.3 Å². The molecule has 5 nitrogen and oxygen atoms in total. The van der Waals surface area contributed by atoms with Gasteiger partial charge in [0.15, 0.2) is 5.54 Å². The normalized spacial score (nSPS) is 19.1. The molecule has 2 aromatic carbocycles. The maximum atomic E-state index is 13.6. The molecular formula is C18H13Cl2IN4O. The Bertz CT molecular complexity index is 1010. The molecule has 132 valence electrons. The number of benzene rings is 2. The van der Waals surface area contributed by atoms with Crippen LogP contribution < -0.4 is 10.6 Å². The Kier molecular flexibility index (Phi) is 4.17. The number of amides is 1. The molecule has 26 heavy (non-hydrogen) atoms. The molecule has 8 heteroatoms. The fourth-order valence-corrected chi connectivity index (χ4v) is 4.61. The molecule has 0 aliphatic carbocycles. The fourth-order valence-electron chi connectivity index (χ4n) is 3.26. The van der Waals surface area contributed by atoms with Crippen molar-refractivity contribution in [3.8, 4) is 0 Å². The van der Waals surface area contributed by atoms with Gasteiger partial charge in [0.25, 0.3) is 5.91 Å². The van der Waals surface area contributed by atoms with Gasteiger partial charge in [0.1, 0.15) is 3.70 Å². The molecule has 2 heterocycles. The van der Waals surface area contributed by atoms with E-state index in [4.69, 9.17) is 28.9 Å². The number of carbonyl (C=O) groups is 1. The summed E-state index contributed by atoms with van der Waals surface area (Å²) in [6, 6.07) is 12.3. The molecule has 0 spiro atoms. The number of imidazole rings is 1. The van der Waals surface area contributed by atoms with Gasteiger partial charge in [-0.15, -0.1) is 0 Å². The van der Waals surface area contributed by atoms with E-state index in [1.165, 1.54) is 0 Å². The molecule has 0 fully saturated rings. The molecule has 1 aliphatic heterocycles. The lowest BCUT2D eigenvalue weighted by Crippen LogP contribution is -2.40. The summed E-state index contributed by atoms with van der Waals surface area (Å²) in [5, 5.41) is 0.906. The number of aromatic nitrogens is 2. The summed E-state index contributed by atoms with van der Waals surface area (Å²) in [4.78, 5) is 19.6. The molecule has 0 bridgehead atoms. The quantitative estimate of drug-likeness (QED) is 0.407. The lowest BCUT2D eigenvalue weighted by molar-refractivity contribution is -0.122. The average molecular weight is 499 g/mol. The molecule has 1 aliphatic rings. The Hall–Kier alpha value is -1.77. The van der Waals surface area contributed by atoms with Crippen LogP contribution in [0.15, 0.2) is 48.7 Å². The Morgan fingerprint density at radius 1 is 1.12 bits per heavy atom. The lowest BCUT2D eigenvalue weighted by atomic mass is 9.91. The average Bonchev–Trinajstić information content (AvgIpc) is 3.05. The molecule has 0 saturated carbocycles. The van der Waals surface area contributed by atoms with Crippen LogP contribution in [0.4, 0.5) is 17.3 Å². The van der Waals surface area contributed by atoms with Gasteiger partial charge in [-0.2, -0.15) is 0 Å². The highest BCUT2D eigenvalue weighted by atomic mass is 127. The standard InChI is InChI=1S/C18H13Cl2IN4O/c1-18(10-2-4-13(22)5-3-10)16(26)24(17-23-9-15(21)25(17)18)14-7-11(19)6-12(20)8-14/h2-9H,22H2,1H3/t18-/m1/s1. The van der Waals surface area contributed by atoms with Gasteiger partial charge in [-0.1, -0.05) is 35.3 Å². The van der Waals surface area contributed by atoms with Crippen LogP contribution in [0, 0.1) is 3.70 Å². The Morgan fingerprint density at radius 2 is 1.73 bits per heavy atom. The molecule has 0 radical (unpaired) electrons. The second-order valence-electron chi connectivity index (χ2n) is 6.18. The van der Waals surface area contributed by atoms with E-state index >= 15 is 0 Å². The third-order valence-corrected chi connectivity index (χ3v) is 5.74. The van der Waals surface area contributed by atoms with Gasteiger partial charge in [0, 0.05) is 15.7 Å². The fraction of sp³-hybridized carbons (Fsp3) is 0.111. The highest BCUT2D eigenvalue weighted by molar-refractivity contribution is 14.1. The Balaban J connectivity index is 1.95. The zero-order valence-electron chi connectivity index (χ0n) is 13.6. The lowest BCUT2D eigenvalue weighted by Gasteiger charge is -2.26. The largest absolute Gasteiger partial charge is 0.399 e. The molecule has 1 atom stereocenters. The molecule has 0 unspecified atom stereocenters. The van der Waals surface area contributed by atoms with E-state index < -0.39 is 5.54 Å². The van der Waals surface area contributed by atoms with Crippen molar-refractivity contribution in [1.29, 1.82) is 0 Å². The van der Waals surface area contributed by atoms with E-state index in [-0.39, 0.29) is 5.91 Å². The van der Waals surface area contributed by atoms with Crippen molar-refractivity contribution in [2.45, 2.75) is 12.5 Å². The predicted molar refractivity (Wildman–Crippen MR) is 112 cm³/mol. The van der Waals surface area contributed by atoms with Crippen LogP contribution >= 0.6 is 45.8 Å². The van der Waals surface area contributed by atoms with Crippen LogP contribution in [0.3, 0.4) is 0 Å². The molecule has 1 aromatic heterocycles. The van der Waals surface area contributed by atoms with E-state index in [1.807, 2.05) is 23.6 Å². The third-order valence-electron chi connectivity index (χ3n) is 4.55. The van der Waals surface area contributed by atoms with Crippen molar-refractivity contribution >= 4 is 69.0 Å². The topological polar surface area (TPSA) is 64.2 Å². The SMILES string of the molecule is C[C@@]1(c2ccc(N)cc2)C(=O)N(c2cc(Cl)cc(Cl)c2)c2ncc(I)n21.